The molecule has 0 spiro atoms. The van der Waals surface area contributed by atoms with Crippen molar-refractivity contribution in [3.63, 3.8) is 0 Å². The number of H-pyrrole nitrogens is 1. The van der Waals surface area contributed by atoms with Crippen LogP contribution in [0.15, 0.2) is 194 Å². The number of aromatic nitrogens is 1. The summed E-state index contributed by atoms with van der Waals surface area (Å²) in [6, 6.07) is 71.3. The Labute approximate surface area is 307 Å². The fourth-order valence-electron chi connectivity index (χ4n) is 8.62. The number of fused-ring (bicyclic) bond motifs is 8. The van der Waals surface area contributed by atoms with Crippen LogP contribution in [0.3, 0.4) is 0 Å². The minimum absolute atomic E-state index is 1.16. The van der Waals surface area contributed by atoms with Crippen molar-refractivity contribution in [1.82, 2.24) is 4.98 Å². The van der Waals surface area contributed by atoms with Crippen molar-refractivity contribution in [2.24, 2.45) is 0 Å². The summed E-state index contributed by atoms with van der Waals surface area (Å²) in [5.74, 6) is 0. The van der Waals surface area contributed by atoms with E-state index in [9.17, 15) is 0 Å². The Morgan fingerprint density at radius 2 is 0.755 bits per heavy atom. The third kappa shape index (κ3) is 4.79. The Kier molecular flexibility index (Phi) is 6.62. The van der Waals surface area contributed by atoms with E-state index in [0.717, 1.165) is 5.52 Å². The highest BCUT2D eigenvalue weighted by atomic mass is 14.7. The molecule has 1 aromatic heterocycles. The lowest BCUT2D eigenvalue weighted by Crippen LogP contribution is -1.91. The molecule has 0 amide bonds. The summed E-state index contributed by atoms with van der Waals surface area (Å²) in [5, 5.41) is 12.6. The van der Waals surface area contributed by atoms with Crippen LogP contribution in [0.1, 0.15) is 0 Å². The zero-order valence-corrected chi connectivity index (χ0v) is 29.0. The molecule has 0 radical (unpaired) electrons. The molecule has 0 fully saturated rings. The van der Waals surface area contributed by atoms with E-state index in [2.05, 4.69) is 199 Å². The van der Waals surface area contributed by atoms with Gasteiger partial charge in [0, 0.05) is 21.7 Å². The second-order valence-electron chi connectivity index (χ2n) is 14.2. The average Bonchev–Trinajstić information content (AvgIpc) is 3.61. The zero-order valence-electron chi connectivity index (χ0n) is 29.0. The number of hydrogen-bond donors (Lipinski definition) is 1. The Morgan fingerprint density at radius 3 is 1.49 bits per heavy atom. The van der Waals surface area contributed by atoms with Crippen LogP contribution in [-0.4, -0.2) is 4.98 Å². The van der Waals surface area contributed by atoms with Crippen molar-refractivity contribution >= 4 is 64.9 Å². The first-order valence-electron chi connectivity index (χ1n) is 18.3. The molecule has 0 bridgehead atoms. The highest BCUT2D eigenvalue weighted by Crippen LogP contribution is 2.45. The predicted octanol–water partition coefficient (Wildman–Crippen LogP) is 14.6. The molecular formula is C52H33N. The summed E-state index contributed by atoms with van der Waals surface area (Å²) in [5.41, 5.74) is 12.2. The van der Waals surface area contributed by atoms with Gasteiger partial charge in [0.25, 0.3) is 0 Å². The van der Waals surface area contributed by atoms with Gasteiger partial charge < -0.3 is 4.98 Å². The Balaban J connectivity index is 1.05. The van der Waals surface area contributed by atoms with E-state index >= 15 is 0 Å². The SMILES string of the molecule is c1cc(-c2ccc3[nH]c4c5ccccc5ccc4c3c2)cc(-c2c3ccccc3c(-c3ccc(-c4ccc5ccccc5c4)cc3)c3ccccc23)c1. The van der Waals surface area contributed by atoms with E-state index in [0.29, 0.717) is 0 Å². The summed E-state index contributed by atoms with van der Waals surface area (Å²) in [7, 11) is 0. The third-order valence-corrected chi connectivity index (χ3v) is 11.2. The molecule has 246 valence electrons. The highest BCUT2D eigenvalue weighted by molar-refractivity contribution is 6.22. The quantitative estimate of drug-likeness (QED) is 0.179. The lowest BCUT2D eigenvalue weighted by Gasteiger charge is -2.18. The van der Waals surface area contributed by atoms with E-state index in [-0.39, 0.29) is 0 Å². The van der Waals surface area contributed by atoms with Crippen molar-refractivity contribution in [3.05, 3.63) is 194 Å². The van der Waals surface area contributed by atoms with Gasteiger partial charge in [0.15, 0.2) is 0 Å². The van der Waals surface area contributed by atoms with Crippen molar-refractivity contribution in [2.75, 3.05) is 0 Å². The second kappa shape index (κ2) is 11.8. The lowest BCUT2D eigenvalue weighted by atomic mass is 9.85. The Hall–Kier alpha value is -6.96. The van der Waals surface area contributed by atoms with Crippen LogP contribution in [-0.2, 0) is 0 Å². The minimum Gasteiger partial charge on any atom is -0.354 e. The summed E-state index contributed by atoms with van der Waals surface area (Å²) in [6.07, 6.45) is 0. The van der Waals surface area contributed by atoms with Gasteiger partial charge in [-0.05, 0) is 106 Å². The van der Waals surface area contributed by atoms with Crippen molar-refractivity contribution < 1.29 is 0 Å². The first-order valence-corrected chi connectivity index (χ1v) is 18.3. The van der Waals surface area contributed by atoms with Crippen LogP contribution < -0.4 is 0 Å². The van der Waals surface area contributed by atoms with Gasteiger partial charge in [0.05, 0.1) is 5.52 Å². The number of nitrogens with one attached hydrogen (secondary N) is 1. The second-order valence-corrected chi connectivity index (χ2v) is 14.2. The molecule has 0 aliphatic carbocycles. The van der Waals surface area contributed by atoms with Gasteiger partial charge in [-0.25, -0.2) is 0 Å². The average molecular weight is 672 g/mol. The molecule has 53 heavy (non-hydrogen) atoms. The largest absolute Gasteiger partial charge is 0.354 e. The molecule has 1 N–H and O–H groups in total. The van der Waals surface area contributed by atoms with E-state index in [1.54, 1.807) is 0 Å². The van der Waals surface area contributed by atoms with Crippen LogP contribution in [0.5, 0.6) is 0 Å². The molecule has 0 saturated carbocycles. The van der Waals surface area contributed by atoms with E-state index in [1.807, 2.05) is 0 Å². The van der Waals surface area contributed by atoms with E-state index in [4.69, 9.17) is 0 Å². The highest BCUT2D eigenvalue weighted by Gasteiger charge is 2.17. The van der Waals surface area contributed by atoms with Crippen LogP contribution in [0.4, 0.5) is 0 Å². The summed E-state index contributed by atoms with van der Waals surface area (Å²) in [6.45, 7) is 0. The molecule has 1 heterocycles. The molecule has 0 aliphatic rings. The monoisotopic (exact) mass is 671 g/mol. The molecule has 10 aromatic carbocycles. The molecule has 0 unspecified atom stereocenters. The number of aromatic amines is 1. The smallest absolute Gasteiger partial charge is 0.0544 e. The Morgan fingerprint density at radius 1 is 0.245 bits per heavy atom. The van der Waals surface area contributed by atoms with Gasteiger partial charge in [-0.3, -0.25) is 0 Å². The van der Waals surface area contributed by atoms with Crippen LogP contribution in [0.2, 0.25) is 0 Å². The van der Waals surface area contributed by atoms with E-state index in [1.165, 1.54) is 104 Å². The normalized spacial score (nSPS) is 11.8. The standard InChI is InChI=1S/C52H33N/c1-2-12-37-30-39(25-22-33(37)10-1)34-20-23-36(24-21-34)50-43-16-5-7-18-45(43)51(46-19-8-6-17-44(46)50)41-14-9-13-38(31-41)40-27-29-49-48(32-40)47-28-26-35-11-3-4-15-42(35)52(47)53-49/h1-32,53H. The molecular weight excluding hydrogens is 639 g/mol. The predicted molar refractivity (Wildman–Crippen MR) is 228 cm³/mol. The number of rotatable bonds is 4. The Bertz CT molecular complexity index is 3160. The topological polar surface area (TPSA) is 15.8 Å². The number of benzene rings is 10. The first-order chi connectivity index (χ1) is 26.3. The van der Waals surface area contributed by atoms with Gasteiger partial charge in [0.2, 0.25) is 0 Å². The van der Waals surface area contributed by atoms with Crippen molar-refractivity contribution in [3.8, 4) is 44.5 Å². The molecule has 11 rings (SSSR count). The summed E-state index contributed by atoms with van der Waals surface area (Å²) < 4.78 is 0. The fourth-order valence-corrected chi connectivity index (χ4v) is 8.62. The van der Waals surface area contributed by atoms with Crippen LogP contribution in [0.25, 0.3) is 109 Å². The number of hydrogen-bond acceptors (Lipinski definition) is 0. The fraction of sp³-hybridized carbons (Fsp3) is 0. The maximum absolute atomic E-state index is 3.71. The molecule has 0 atom stereocenters. The lowest BCUT2D eigenvalue weighted by molar-refractivity contribution is 1.56. The molecule has 11 aromatic rings. The molecule has 0 aliphatic heterocycles. The summed E-state index contributed by atoms with van der Waals surface area (Å²) in [4.78, 5) is 3.71. The van der Waals surface area contributed by atoms with Gasteiger partial charge in [-0.2, -0.15) is 0 Å². The van der Waals surface area contributed by atoms with Gasteiger partial charge in [0.1, 0.15) is 0 Å². The van der Waals surface area contributed by atoms with Crippen LogP contribution >= 0.6 is 0 Å². The van der Waals surface area contributed by atoms with Gasteiger partial charge in [-0.1, -0.05) is 170 Å². The summed E-state index contributed by atoms with van der Waals surface area (Å²) >= 11 is 0. The maximum atomic E-state index is 3.71. The van der Waals surface area contributed by atoms with E-state index < -0.39 is 0 Å². The van der Waals surface area contributed by atoms with Crippen LogP contribution in [0, 0.1) is 0 Å². The van der Waals surface area contributed by atoms with Gasteiger partial charge >= 0.3 is 0 Å². The molecule has 1 nitrogen and oxygen atoms in total. The first kappa shape index (κ1) is 29.7. The minimum atomic E-state index is 1.16. The maximum Gasteiger partial charge on any atom is 0.0544 e. The molecule has 1 heteroatoms. The van der Waals surface area contributed by atoms with Crippen molar-refractivity contribution in [2.45, 2.75) is 0 Å². The third-order valence-electron chi connectivity index (χ3n) is 11.2. The van der Waals surface area contributed by atoms with Gasteiger partial charge in [-0.15, -0.1) is 0 Å². The molecule has 0 saturated heterocycles. The zero-order chi connectivity index (χ0) is 34.9. The van der Waals surface area contributed by atoms with Crippen molar-refractivity contribution in [1.29, 1.82) is 0 Å².